The lowest BCUT2D eigenvalue weighted by Crippen LogP contribution is -2.51. The minimum atomic E-state index is -3.68. The number of nitrogens with one attached hydrogen (secondary N) is 1. The molecular weight excluding hydrogens is 498 g/mol. The van der Waals surface area contributed by atoms with Crippen molar-refractivity contribution in [3.63, 3.8) is 0 Å². The van der Waals surface area contributed by atoms with E-state index in [1.54, 1.807) is 29.2 Å². The summed E-state index contributed by atoms with van der Waals surface area (Å²) in [5.74, 6) is 6.53. The summed E-state index contributed by atoms with van der Waals surface area (Å²) in [6, 6.07) is 18.6. The molecule has 3 N–H and O–H groups in total. The molecule has 11 heteroatoms. The molecule has 1 saturated heterocycles. The topological polar surface area (TPSA) is 98.5 Å². The van der Waals surface area contributed by atoms with Gasteiger partial charge in [-0.25, -0.2) is 4.79 Å². The molecule has 3 aromatic rings. The van der Waals surface area contributed by atoms with Crippen LogP contribution in [0.5, 0.6) is 28.7 Å². The first kappa shape index (κ1) is 25.3. The number of urea groups is 1. The van der Waals surface area contributed by atoms with Gasteiger partial charge in [0.1, 0.15) is 11.5 Å². The lowest BCUT2D eigenvalue weighted by atomic mass is 10.1. The van der Waals surface area contributed by atoms with Crippen molar-refractivity contribution in [1.29, 1.82) is 0 Å². The summed E-state index contributed by atoms with van der Waals surface area (Å²) in [7, 11) is 0. The number of nitrogens with zero attached hydrogens (tertiary/aromatic N) is 2. The number of para-hydroxylation sites is 1. The molecule has 5 rings (SSSR count). The van der Waals surface area contributed by atoms with E-state index in [1.807, 2.05) is 24.3 Å². The Morgan fingerprint density at radius 1 is 0.974 bits per heavy atom. The Labute approximate surface area is 217 Å². The minimum Gasteiger partial charge on any atom is -0.457 e. The normalized spacial score (nSPS) is 16.1. The molecule has 0 radical (unpaired) electrons. The van der Waals surface area contributed by atoms with Crippen LogP contribution in [0.1, 0.15) is 11.1 Å². The summed E-state index contributed by atoms with van der Waals surface area (Å²) < 4.78 is 41.3. The number of piperazine rings is 1. The van der Waals surface area contributed by atoms with Crippen LogP contribution in [-0.2, 0) is 6.54 Å². The maximum atomic E-state index is 13.3. The predicted octanol–water partition coefficient (Wildman–Crippen LogP) is 4.55. The van der Waals surface area contributed by atoms with Gasteiger partial charge in [-0.1, -0.05) is 30.8 Å². The first-order valence-corrected chi connectivity index (χ1v) is 11.9. The van der Waals surface area contributed by atoms with Gasteiger partial charge in [-0.05, 0) is 42.0 Å². The average Bonchev–Trinajstić information content (AvgIpc) is 3.22. The van der Waals surface area contributed by atoms with Crippen molar-refractivity contribution >= 4 is 11.7 Å². The van der Waals surface area contributed by atoms with Gasteiger partial charge in [0.2, 0.25) is 0 Å². The van der Waals surface area contributed by atoms with Crippen LogP contribution >= 0.6 is 0 Å². The fourth-order valence-corrected chi connectivity index (χ4v) is 4.30. The lowest BCUT2D eigenvalue weighted by molar-refractivity contribution is -0.286. The maximum Gasteiger partial charge on any atom is 0.586 e. The smallest absolute Gasteiger partial charge is 0.457 e. The molecule has 9 nitrogen and oxygen atoms in total. The first-order chi connectivity index (χ1) is 18.3. The number of amides is 2. The van der Waals surface area contributed by atoms with Gasteiger partial charge in [0.15, 0.2) is 17.2 Å². The second kappa shape index (κ2) is 10.6. The second-order valence-electron chi connectivity index (χ2n) is 8.81. The molecule has 2 aliphatic heterocycles. The van der Waals surface area contributed by atoms with Gasteiger partial charge >= 0.3 is 12.3 Å². The van der Waals surface area contributed by atoms with Crippen molar-refractivity contribution in [3.05, 3.63) is 84.4 Å². The SMILES string of the molecule is C=C(NC(=O)N1CCN(Cc2cccc(Oc3ccc4c(c3)OC(F)(F)O4)c2)CC1)c1ccccc1ON. The number of fused-ring (bicyclic) bond motifs is 1. The second-order valence-corrected chi connectivity index (χ2v) is 8.81. The molecular formula is C27H26F2N4O5. The highest BCUT2D eigenvalue weighted by atomic mass is 19.3. The molecule has 0 bridgehead atoms. The molecule has 0 aromatic heterocycles. The summed E-state index contributed by atoms with van der Waals surface area (Å²) in [6.45, 7) is 7.06. The third-order valence-corrected chi connectivity index (χ3v) is 6.17. The highest BCUT2D eigenvalue weighted by molar-refractivity contribution is 5.86. The van der Waals surface area contributed by atoms with E-state index >= 15 is 0 Å². The molecule has 2 heterocycles. The largest absolute Gasteiger partial charge is 0.586 e. The zero-order chi connectivity index (χ0) is 26.7. The third kappa shape index (κ3) is 5.79. The van der Waals surface area contributed by atoms with Gasteiger partial charge in [0, 0.05) is 50.1 Å². The number of hydrogen-bond donors (Lipinski definition) is 2. The number of nitrogens with two attached hydrogens (primary N) is 1. The summed E-state index contributed by atoms with van der Waals surface area (Å²) in [4.78, 5) is 21.6. The van der Waals surface area contributed by atoms with Gasteiger partial charge in [-0.15, -0.1) is 8.78 Å². The van der Waals surface area contributed by atoms with Crippen molar-refractivity contribution < 1.29 is 32.6 Å². The Morgan fingerprint density at radius 2 is 1.71 bits per heavy atom. The number of carbonyl (C=O) groups is 1. The lowest BCUT2D eigenvalue weighted by Gasteiger charge is -2.35. The Bertz CT molecular complexity index is 1340. The van der Waals surface area contributed by atoms with E-state index in [0.717, 1.165) is 5.56 Å². The van der Waals surface area contributed by atoms with Crippen LogP contribution in [0.2, 0.25) is 0 Å². The number of alkyl halides is 2. The van der Waals surface area contributed by atoms with E-state index in [9.17, 15) is 13.6 Å². The van der Waals surface area contributed by atoms with E-state index in [-0.39, 0.29) is 17.5 Å². The van der Waals surface area contributed by atoms with Crippen LogP contribution in [0.15, 0.2) is 73.3 Å². The Balaban J connectivity index is 1.13. The Hall–Kier alpha value is -4.35. The van der Waals surface area contributed by atoms with Crippen LogP contribution < -0.4 is 30.3 Å². The number of halogens is 2. The number of rotatable bonds is 7. The van der Waals surface area contributed by atoms with Crippen molar-refractivity contribution in [2.75, 3.05) is 26.2 Å². The number of carbonyl (C=O) groups excluding carboxylic acids is 1. The maximum absolute atomic E-state index is 13.3. The van der Waals surface area contributed by atoms with E-state index in [1.165, 1.54) is 18.2 Å². The summed E-state index contributed by atoms with van der Waals surface area (Å²) in [5, 5.41) is 2.82. The standard InChI is InChI=1S/C27H26F2N4O5/c1-18(22-7-2-3-8-23(22)38-30)31-26(34)33-13-11-32(12-14-33)17-19-5-4-6-20(15-19)35-21-9-10-24-25(16-21)37-27(28,29)36-24/h2-10,15-16H,1,11-14,17,30H2,(H,31,34). The molecule has 0 saturated carbocycles. The molecule has 0 spiro atoms. The quantitative estimate of drug-likeness (QED) is 0.438. The Morgan fingerprint density at radius 3 is 2.50 bits per heavy atom. The van der Waals surface area contributed by atoms with Crippen LogP contribution in [0.25, 0.3) is 5.70 Å². The van der Waals surface area contributed by atoms with Crippen LogP contribution in [0.3, 0.4) is 0 Å². The Kier molecular flexibility index (Phi) is 7.03. The van der Waals surface area contributed by atoms with Crippen LogP contribution in [-0.4, -0.2) is 48.3 Å². The highest BCUT2D eigenvalue weighted by Gasteiger charge is 2.43. The van der Waals surface area contributed by atoms with Crippen LogP contribution in [0.4, 0.5) is 13.6 Å². The third-order valence-electron chi connectivity index (χ3n) is 6.17. The molecule has 2 amide bonds. The zero-order valence-electron chi connectivity index (χ0n) is 20.4. The van der Waals surface area contributed by atoms with Crippen molar-refractivity contribution in [2.45, 2.75) is 12.8 Å². The first-order valence-electron chi connectivity index (χ1n) is 11.9. The molecule has 1 fully saturated rings. The van der Waals surface area contributed by atoms with Gasteiger partial charge in [0.25, 0.3) is 0 Å². The monoisotopic (exact) mass is 524 g/mol. The van der Waals surface area contributed by atoms with Crippen molar-refractivity contribution in [1.82, 2.24) is 15.1 Å². The molecule has 0 atom stereocenters. The van der Waals surface area contributed by atoms with E-state index < -0.39 is 6.29 Å². The number of benzene rings is 3. The summed E-state index contributed by atoms with van der Waals surface area (Å²) >= 11 is 0. The number of ether oxygens (including phenoxy) is 3. The average molecular weight is 525 g/mol. The fraction of sp³-hybridized carbons (Fsp3) is 0.222. The fourth-order valence-electron chi connectivity index (χ4n) is 4.30. The summed E-state index contributed by atoms with van der Waals surface area (Å²) in [6.07, 6.45) is -3.68. The van der Waals surface area contributed by atoms with Crippen molar-refractivity contribution in [2.24, 2.45) is 5.90 Å². The van der Waals surface area contributed by atoms with Gasteiger partial charge in [-0.3, -0.25) is 4.90 Å². The minimum absolute atomic E-state index is 0.0392. The summed E-state index contributed by atoms with van der Waals surface area (Å²) in [5.41, 5.74) is 2.04. The zero-order valence-corrected chi connectivity index (χ0v) is 20.4. The van der Waals surface area contributed by atoms with E-state index in [4.69, 9.17) is 15.5 Å². The number of hydrogen-bond acceptors (Lipinski definition) is 7. The molecule has 0 unspecified atom stereocenters. The predicted molar refractivity (Wildman–Crippen MR) is 135 cm³/mol. The van der Waals surface area contributed by atoms with Gasteiger partial charge in [-0.2, -0.15) is 5.90 Å². The van der Waals surface area contributed by atoms with Gasteiger partial charge < -0.3 is 29.3 Å². The molecule has 198 valence electrons. The van der Waals surface area contributed by atoms with E-state index in [2.05, 4.69) is 26.3 Å². The van der Waals surface area contributed by atoms with E-state index in [0.29, 0.717) is 61.2 Å². The van der Waals surface area contributed by atoms with Crippen LogP contribution in [0, 0.1) is 0 Å². The molecule has 2 aliphatic rings. The highest BCUT2D eigenvalue weighted by Crippen LogP contribution is 2.43. The molecule has 38 heavy (non-hydrogen) atoms. The molecule has 3 aromatic carbocycles. The van der Waals surface area contributed by atoms with Crippen molar-refractivity contribution in [3.8, 4) is 28.7 Å². The molecule has 0 aliphatic carbocycles. The van der Waals surface area contributed by atoms with Gasteiger partial charge in [0.05, 0.1) is 0 Å².